The number of hydrogen-bond donors (Lipinski definition) is 1. The van der Waals surface area contributed by atoms with Crippen LogP contribution in [-0.4, -0.2) is 9.13 Å². The van der Waals surface area contributed by atoms with Crippen molar-refractivity contribution in [1.29, 1.82) is 0 Å². The van der Waals surface area contributed by atoms with E-state index in [9.17, 15) is 9.59 Å². The highest BCUT2D eigenvalue weighted by molar-refractivity contribution is 5.26. The molecule has 0 amide bonds. The summed E-state index contributed by atoms with van der Waals surface area (Å²) in [5.74, 6) is 0.194. The van der Waals surface area contributed by atoms with Crippen molar-refractivity contribution in [2.75, 3.05) is 5.73 Å². The van der Waals surface area contributed by atoms with Crippen molar-refractivity contribution in [2.45, 2.75) is 26.3 Å². The average Bonchev–Trinajstić information content (AvgIpc) is 2.14. The summed E-state index contributed by atoms with van der Waals surface area (Å²) in [6.45, 7) is 3.76. The molecule has 2 N–H and O–H groups in total. The van der Waals surface area contributed by atoms with Gasteiger partial charge in [0.25, 0.3) is 5.56 Å². The predicted octanol–water partition coefficient (Wildman–Crippen LogP) is 0.100. The molecule has 78 valence electrons. The van der Waals surface area contributed by atoms with Gasteiger partial charge in [-0.15, -0.1) is 0 Å². The van der Waals surface area contributed by atoms with Crippen molar-refractivity contribution < 1.29 is 0 Å². The second kappa shape index (κ2) is 3.69. The predicted molar refractivity (Wildman–Crippen MR) is 55.4 cm³/mol. The van der Waals surface area contributed by atoms with Gasteiger partial charge < -0.3 is 5.73 Å². The fourth-order valence-corrected chi connectivity index (χ4v) is 1.25. The Kier molecular flexibility index (Phi) is 2.78. The molecule has 1 aromatic rings. The Hall–Kier alpha value is -1.52. The molecule has 0 saturated heterocycles. The molecular formula is C9H15N3O2. The molecule has 1 unspecified atom stereocenters. The molecule has 0 radical (unpaired) electrons. The maximum Gasteiger partial charge on any atom is 0.332 e. The van der Waals surface area contributed by atoms with Crippen molar-refractivity contribution in [1.82, 2.24) is 9.13 Å². The van der Waals surface area contributed by atoms with Crippen LogP contribution in [0, 0.1) is 0 Å². The molecule has 1 rings (SSSR count). The highest BCUT2D eigenvalue weighted by atomic mass is 16.2. The molecule has 5 heteroatoms. The third kappa shape index (κ3) is 1.57. The molecule has 0 bridgehead atoms. The lowest BCUT2D eigenvalue weighted by atomic mass is 10.2. The van der Waals surface area contributed by atoms with Crippen LogP contribution in [0.5, 0.6) is 0 Å². The summed E-state index contributed by atoms with van der Waals surface area (Å²) in [5.41, 5.74) is 4.79. The van der Waals surface area contributed by atoms with E-state index in [-0.39, 0.29) is 23.1 Å². The van der Waals surface area contributed by atoms with Gasteiger partial charge in [-0.2, -0.15) is 0 Å². The van der Waals surface area contributed by atoms with E-state index in [0.29, 0.717) is 0 Å². The summed E-state index contributed by atoms with van der Waals surface area (Å²) in [7, 11) is 1.55. The minimum atomic E-state index is -0.357. The largest absolute Gasteiger partial charge is 0.385 e. The minimum Gasteiger partial charge on any atom is -0.385 e. The lowest BCUT2D eigenvalue weighted by Gasteiger charge is -2.13. The van der Waals surface area contributed by atoms with Crippen molar-refractivity contribution >= 4 is 5.82 Å². The second-order valence-electron chi connectivity index (χ2n) is 3.38. The molecule has 1 heterocycles. The maximum absolute atomic E-state index is 11.7. The molecular weight excluding hydrogens is 182 g/mol. The Morgan fingerprint density at radius 1 is 1.50 bits per heavy atom. The van der Waals surface area contributed by atoms with E-state index in [1.807, 2.05) is 13.8 Å². The molecule has 0 aromatic carbocycles. The Morgan fingerprint density at radius 2 is 2.07 bits per heavy atom. The molecule has 0 fully saturated rings. The van der Waals surface area contributed by atoms with Crippen LogP contribution in [0.2, 0.25) is 0 Å². The van der Waals surface area contributed by atoms with Gasteiger partial charge in [-0.25, -0.2) is 4.79 Å². The fourth-order valence-electron chi connectivity index (χ4n) is 1.25. The summed E-state index contributed by atoms with van der Waals surface area (Å²) >= 11 is 0. The summed E-state index contributed by atoms with van der Waals surface area (Å²) < 4.78 is 2.49. The zero-order valence-corrected chi connectivity index (χ0v) is 8.65. The summed E-state index contributed by atoms with van der Waals surface area (Å²) in [6.07, 6.45) is 0.735. The van der Waals surface area contributed by atoms with Crippen LogP contribution in [-0.2, 0) is 7.05 Å². The van der Waals surface area contributed by atoms with E-state index in [1.165, 1.54) is 15.2 Å². The number of nitrogens with zero attached hydrogens (tertiary/aromatic N) is 2. The lowest BCUT2D eigenvalue weighted by molar-refractivity contribution is 0.475. The minimum absolute atomic E-state index is 0.0956. The van der Waals surface area contributed by atoms with Gasteiger partial charge in [0.2, 0.25) is 0 Å². The van der Waals surface area contributed by atoms with Crippen molar-refractivity contribution in [3.05, 3.63) is 26.9 Å². The van der Waals surface area contributed by atoms with E-state index in [0.717, 1.165) is 6.42 Å². The number of rotatable bonds is 2. The van der Waals surface area contributed by atoms with Crippen molar-refractivity contribution in [2.24, 2.45) is 7.05 Å². The number of aromatic nitrogens is 2. The van der Waals surface area contributed by atoms with Gasteiger partial charge >= 0.3 is 5.69 Å². The fraction of sp³-hybridized carbons (Fsp3) is 0.556. The van der Waals surface area contributed by atoms with Crippen LogP contribution >= 0.6 is 0 Å². The standard InChI is InChI=1S/C9H15N3O2/c1-4-6(2)12-8(13)5-7(10)11(3)9(12)14/h5-6H,4,10H2,1-3H3. The van der Waals surface area contributed by atoms with E-state index < -0.39 is 0 Å². The Labute approximate surface area is 81.8 Å². The molecule has 0 spiro atoms. The van der Waals surface area contributed by atoms with Gasteiger partial charge in [-0.1, -0.05) is 6.92 Å². The van der Waals surface area contributed by atoms with E-state index in [4.69, 9.17) is 5.73 Å². The molecule has 1 atom stereocenters. The smallest absolute Gasteiger partial charge is 0.332 e. The third-order valence-electron chi connectivity index (χ3n) is 2.42. The Bertz CT molecular complexity index is 444. The van der Waals surface area contributed by atoms with E-state index in [1.54, 1.807) is 7.05 Å². The molecule has 0 aliphatic rings. The van der Waals surface area contributed by atoms with Crippen molar-refractivity contribution in [3.8, 4) is 0 Å². The first-order chi connectivity index (χ1) is 6.49. The highest BCUT2D eigenvalue weighted by Gasteiger charge is 2.10. The van der Waals surface area contributed by atoms with Crippen LogP contribution < -0.4 is 17.0 Å². The maximum atomic E-state index is 11.7. The highest BCUT2D eigenvalue weighted by Crippen LogP contribution is 2.03. The van der Waals surface area contributed by atoms with Crippen LogP contribution in [0.15, 0.2) is 15.7 Å². The third-order valence-corrected chi connectivity index (χ3v) is 2.42. The van der Waals surface area contributed by atoms with Gasteiger partial charge in [0, 0.05) is 19.2 Å². The quantitative estimate of drug-likeness (QED) is 0.731. The molecule has 14 heavy (non-hydrogen) atoms. The van der Waals surface area contributed by atoms with Crippen LogP contribution in [0.3, 0.4) is 0 Å². The number of nitrogens with two attached hydrogens (primary N) is 1. The lowest BCUT2D eigenvalue weighted by Crippen LogP contribution is -2.40. The zero-order valence-electron chi connectivity index (χ0n) is 8.65. The summed E-state index contributed by atoms with van der Waals surface area (Å²) in [4.78, 5) is 23.1. The molecule has 0 aliphatic carbocycles. The first-order valence-corrected chi connectivity index (χ1v) is 4.57. The normalized spacial score (nSPS) is 12.8. The zero-order chi connectivity index (χ0) is 10.9. The molecule has 5 nitrogen and oxygen atoms in total. The van der Waals surface area contributed by atoms with Gasteiger partial charge in [0.05, 0.1) is 0 Å². The van der Waals surface area contributed by atoms with Crippen LogP contribution in [0.4, 0.5) is 5.82 Å². The van der Waals surface area contributed by atoms with Crippen LogP contribution in [0.1, 0.15) is 26.3 Å². The number of hydrogen-bond acceptors (Lipinski definition) is 3. The Morgan fingerprint density at radius 3 is 2.57 bits per heavy atom. The van der Waals surface area contributed by atoms with Crippen molar-refractivity contribution in [3.63, 3.8) is 0 Å². The van der Waals surface area contributed by atoms with E-state index in [2.05, 4.69) is 0 Å². The monoisotopic (exact) mass is 197 g/mol. The van der Waals surface area contributed by atoms with Gasteiger partial charge in [-0.3, -0.25) is 13.9 Å². The van der Waals surface area contributed by atoms with Gasteiger partial charge in [0.15, 0.2) is 0 Å². The number of nitrogen functional groups attached to an aromatic ring is 1. The molecule has 0 aliphatic heterocycles. The topological polar surface area (TPSA) is 70.0 Å². The first-order valence-electron chi connectivity index (χ1n) is 4.57. The van der Waals surface area contributed by atoms with Gasteiger partial charge in [-0.05, 0) is 13.3 Å². The molecule has 1 aromatic heterocycles. The molecule has 0 saturated carbocycles. The number of anilines is 1. The van der Waals surface area contributed by atoms with Gasteiger partial charge in [0.1, 0.15) is 5.82 Å². The average molecular weight is 197 g/mol. The first kappa shape index (κ1) is 10.6. The summed E-state index contributed by atoms with van der Waals surface area (Å²) in [5, 5.41) is 0. The SMILES string of the molecule is CCC(C)n1c(=O)cc(N)n(C)c1=O. The van der Waals surface area contributed by atoms with E-state index >= 15 is 0 Å². The second-order valence-corrected chi connectivity index (χ2v) is 3.38. The summed E-state index contributed by atoms with van der Waals surface area (Å²) in [6, 6.07) is 1.18. The van der Waals surface area contributed by atoms with Crippen LogP contribution in [0.25, 0.3) is 0 Å². The Balaban J connectivity index is 3.53.